The molecule has 94 valence electrons. The lowest BCUT2D eigenvalue weighted by Gasteiger charge is -2.10. The maximum absolute atomic E-state index is 11.4. The number of hydrogen-bond donors (Lipinski definition) is 0. The van der Waals surface area contributed by atoms with Gasteiger partial charge in [-0.25, -0.2) is 0 Å². The van der Waals surface area contributed by atoms with Gasteiger partial charge in [-0.3, -0.25) is 4.79 Å². The first-order chi connectivity index (χ1) is 8.15. The molecule has 3 nitrogen and oxygen atoms in total. The number of hydrogen-bond acceptors (Lipinski definition) is 3. The summed E-state index contributed by atoms with van der Waals surface area (Å²) < 4.78 is 10.9. The SMILES string of the molecule is CCCOCCOc1ccc(C)cc1C(C)=O. The first-order valence-corrected chi connectivity index (χ1v) is 5.97. The molecule has 0 bridgehead atoms. The van der Waals surface area contributed by atoms with Crippen molar-refractivity contribution in [3.05, 3.63) is 29.3 Å². The van der Waals surface area contributed by atoms with Gasteiger partial charge in [-0.05, 0) is 32.4 Å². The number of carbonyl (C=O) groups is 1. The lowest BCUT2D eigenvalue weighted by atomic mass is 10.1. The lowest BCUT2D eigenvalue weighted by Crippen LogP contribution is -2.09. The Morgan fingerprint density at radius 3 is 2.65 bits per heavy atom. The Labute approximate surface area is 103 Å². The summed E-state index contributed by atoms with van der Waals surface area (Å²) >= 11 is 0. The standard InChI is InChI=1S/C14H20O3/c1-4-7-16-8-9-17-14-6-5-11(2)10-13(14)12(3)15/h5-6,10H,4,7-9H2,1-3H3. The Morgan fingerprint density at radius 1 is 1.24 bits per heavy atom. The second-order valence-electron chi connectivity index (χ2n) is 4.02. The van der Waals surface area contributed by atoms with Gasteiger partial charge < -0.3 is 9.47 Å². The van der Waals surface area contributed by atoms with Crippen molar-refractivity contribution >= 4 is 5.78 Å². The summed E-state index contributed by atoms with van der Waals surface area (Å²) in [5, 5.41) is 0. The van der Waals surface area contributed by atoms with Crippen LogP contribution in [0.2, 0.25) is 0 Å². The molecule has 17 heavy (non-hydrogen) atoms. The van der Waals surface area contributed by atoms with Gasteiger partial charge in [0.15, 0.2) is 5.78 Å². The number of ether oxygens (including phenoxy) is 2. The predicted octanol–water partition coefficient (Wildman–Crippen LogP) is 3.00. The highest BCUT2D eigenvalue weighted by Gasteiger charge is 2.08. The quantitative estimate of drug-likeness (QED) is 0.539. The summed E-state index contributed by atoms with van der Waals surface area (Å²) in [4.78, 5) is 11.4. The summed E-state index contributed by atoms with van der Waals surface area (Å²) in [7, 11) is 0. The zero-order chi connectivity index (χ0) is 12.7. The smallest absolute Gasteiger partial charge is 0.163 e. The fraction of sp³-hybridized carbons (Fsp3) is 0.500. The molecule has 0 aromatic heterocycles. The van der Waals surface area contributed by atoms with E-state index in [1.165, 1.54) is 0 Å². The van der Waals surface area contributed by atoms with Crippen molar-refractivity contribution < 1.29 is 14.3 Å². The molecule has 0 N–H and O–H groups in total. The van der Waals surface area contributed by atoms with E-state index in [9.17, 15) is 4.79 Å². The molecule has 0 radical (unpaired) electrons. The van der Waals surface area contributed by atoms with E-state index in [-0.39, 0.29) is 5.78 Å². The highest BCUT2D eigenvalue weighted by molar-refractivity contribution is 5.97. The molecule has 0 unspecified atom stereocenters. The molecule has 0 heterocycles. The number of rotatable bonds is 7. The number of aryl methyl sites for hydroxylation is 1. The molecule has 1 rings (SSSR count). The van der Waals surface area contributed by atoms with Crippen molar-refractivity contribution in [2.24, 2.45) is 0 Å². The molecule has 1 aromatic rings. The zero-order valence-electron chi connectivity index (χ0n) is 10.8. The van der Waals surface area contributed by atoms with Crippen LogP contribution in [0.25, 0.3) is 0 Å². The minimum absolute atomic E-state index is 0.0261. The van der Waals surface area contributed by atoms with Crippen molar-refractivity contribution in [1.82, 2.24) is 0 Å². The van der Waals surface area contributed by atoms with Gasteiger partial charge in [-0.1, -0.05) is 18.6 Å². The molecule has 0 saturated heterocycles. The van der Waals surface area contributed by atoms with Crippen LogP contribution >= 0.6 is 0 Å². The molecule has 0 aliphatic heterocycles. The van der Waals surface area contributed by atoms with Gasteiger partial charge in [0.05, 0.1) is 12.2 Å². The second kappa shape index (κ2) is 7.07. The van der Waals surface area contributed by atoms with Gasteiger partial charge in [0.25, 0.3) is 0 Å². The fourth-order valence-corrected chi connectivity index (χ4v) is 1.50. The van der Waals surface area contributed by atoms with E-state index in [0.717, 1.165) is 18.6 Å². The van der Waals surface area contributed by atoms with Crippen LogP contribution < -0.4 is 4.74 Å². The Kier molecular flexibility index (Phi) is 5.70. The third kappa shape index (κ3) is 4.57. The van der Waals surface area contributed by atoms with Gasteiger partial charge in [-0.2, -0.15) is 0 Å². The average molecular weight is 236 g/mol. The minimum Gasteiger partial charge on any atom is -0.490 e. The average Bonchev–Trinajstić information content (AvgIpc) is 2.30. The normalized spacial score (nSPS) is 10.3. The Hall–Kier alpha value is -1.35. The Morgan fingerprint density at radius 2 is 2.00 bits per heavy atom. The van der Waals surface area contributed by atoms with Crippen LogP contribution in [-0.2, 0) is 4.74 Å². The van der Waals surface area contributed by atoms with Crippen molar-refractivity contribution in [3.8, 4) is 5.75 Å². The van der Waals surface area contributed by atoms with E-state index in [0.29, 0.717) is 24.5 Å². The summed E-state index contributed by atoms with van der Waals surface area (Å²) in [6.07, 6.45) is 1.00. The van der Waals surface area contributed by atoms with Gasteiger partial charge in [-0.15, -0.1) is 0 Å². The molecule has 0 spiro atoms. The highest BCUT2D eigenvalue weighted by Crippen LogP contribution is 2.20. The summed E-state index contributed by atoms with van der Waals surface area (Å²) in [5.74, 6) is 0.668. The van der Waals surface area contributed by atoms with Crippen LogP contribution in [0.3, 0.4) is 0 Å². The van der Waals surface area contributed by atoms with Crippen LogP contribution in [0.15, 0.2) is 18.2 Å². The van der Waals surface area contributed by atoms with Crippen molar-refractivity contribution in [2.45, 2.75) is 27.2 Å². The van der Waals surface area contributed by atoms with Gasteiger partial charge in [0, 0.05) is 6.61 Å². The largest absolute Gasteiger partial charge is 0.490 e. The van der Waals surface area contributed by atoms with E-state index >= 15 is 0 Å². The van der Waals surface area contributed by atoms with Gasteiger partial charge in [0.1, 0.15) is 12.4 Å². The van der Waals surface area contributed by atoms with E-state index in [1.807, 2.05) is 25.1 Å². The summed E-state index contributed by atoms with van der Waals surface area (Å²) in [6.45, 7) is 7.35. The molecular weight excluding hydrogens is 216 g/mol. The van der Waals surface area contributed by atoms with E-state index in [1.54, 1.807) is 6.92 Å². The number of carbonyl (C=O) groups excluding carboxylic acids is 1. The van der Waals surface area contributed by atoms with Gasteiger partial charge in [0.2, 0.25) is 0 Å². The zero-order valence-corrected chi connectivity index (χ0v) is 10.8. The van der Waals surface area contributed by atoms with Crippen molar-refractivity contribution in [3.63, 3.8) is 0 Å². The minimum atomic E-state index is 0.0261. The molecule has 0 atom stereocenters. The van der Waals surface area contributed by atoms with E-state index < -0.39 is 0 Å². The third-order valence-corrected chi connectivity index (χ3v) is 2.35. The van der Waals surface area contributed by atoms with Crippen LogP contribution in [-0.4, -0.2) is 25.6 Å². The topological polar surface area (TPSA) is 35.5 Å². The Balaban J connectivity index is 2.55. The maximum atomic E-state index is 11.4. The first kappa shape index (κ1) is 13.7. The molecule has 1 aromatic carbocycles. The maximum Gasteiger partial charge on any atom is 0.163 e. The van der Waals surface area contributed by atoms with Crippen LogP contribution in [0, 0.1) is 6.92 Å². The van der Waals surface area contributed by atoms with Crippen LogP contribution in [0.4, 0.5) is 0 Å². The molecular formula is C14H20O3. The van der Waals surface area contributed by atoms with E-state index in [2.05, 4.69) is 6.92 Å². The third-order valence-electron chi connectivity index (χ3n) is 2.35. The molecule has 0 fully saturated rings. The number of Topliss-reactive ketones (excluding diaryl/α,β-unsaturated/α-hetero) is 1. The fourth-order valence-electron chi connectivity index (χ4n) is 1.50. The van der Waals surface area contributed by atoms with Crippen LogP contribution in [0.5, 0.6) is 5.75 Å². The summed E-state index contributed by atoms with van der Waals surface area (Å²) in [5.41, 5.74) is 1.70. The predicted molar refractivity (Wildman–Crippen MR) is 67.8 cm³/mol. The van der Waals surface area contributed by atoms with Crippen molar-refractivity contribution in [1.29, 1.82) is 0 Å². The molecule has 0 saturated carbocycles. The first-order valence-electron chi connectivity index (χ1n) is 5.97. The van der Waals surface area contributed by atoms with Crippen molar-refractivity contribution in [2.75, 3.05) is 19.8 Å². The van der Waals surface area contributed by atoms with Gasteiger partial charge >= 0.3 is 0 Å². The Bertz CT molecular complexity index is 372. The number of ketones is 1. The van der Waals surface area contributed by atoms with E-state index in [4.69, 9.17) is 9.47 Å². The molecule has 0 aliphatic carbocycles. The number of benzene rings is 1. The molecule has 3 heteroatoms. The van der Waals surface area contributed by atoms with Crippen LogP contribution in [0.1, 0.15) is 36.2 Å². The molecule has 0 aliphatic rings. The monoisotopic (exact) mass is 236 g/mol. The second-order valence-corrected chi connectivity index (χ2v) is 4.02. The highest BCUT2D eigenvalue weighted by atomic mass is 16.5. The molecule has 0 amide bonds. The lowest BCUT2D eigenvalue weighted by molar-refractivity contribution is 0.0963. The summed E-state index contributed by atoms with van der Waals surface area (Å²) in [6, 6.07) is 5.63.